The Hall–Kier alpha value is -1.35. The van der Waals surface area contributed by atoms with Gasteiger partial charge >= 0.3 is 0 Å². The summed E-state index contributed by atoms with van der Waals surface area (Å²) in [4.78, 5) is 15.1. The van der Waals surface area contributed by atoms with Crippen LogP contribution in [0, 0.1) is 12.8 Å². The van der Waals surface area contributed by atoms with E-state index >= 15 is 0 Å². The zero-order valence-corrected chi connectivity index (χ0v) is 12.8. The molecular formula is C18H25NO2. The maximum atomic E-state index is 13.1. The van der Waals surface area contributed by atoms with Gasteiger partial charge in [0.1, 0.15) is 0 Å². The summed E-state index contributed by atoms with van der Waals surface area (Å²) in [6.07, 6.45) is 4.97. The van der Waals surface area contributed by atoms with E-state index in [0.717, 1.165) is 45.2 Å². The molecule has 0 bridgehead atoms. The van der Waals surface area contributed by atoms with Crippen LogP contribution in [0.1, 0.15) is 43.2 Å². The summed E-state index contributed by atoms with van der Waals surface area (Å²) in [6.45, 7) is 4.01. The molecule has 1 heterocycles. The molecule has 1 aromatic rings. The summed E-state index contributed by atoms with van der Waals surface area (Å²) in [7, 11) is 0. The van der Waals surface area contributed by atoms with E-state index in [1.807, 2.05) is 4.90 Å². The van der Waals surface area contributed by atoms with Gasteiger partial charge in [-0.2, -0.15) is 0 Å². The number of carbonyl (C=O) groups excluding carboxylic acids is 1. The van der Waals surface area contributed by atoms with E-state index in [1.54, 1.807) is 0 Å². The monoisotopic (exact) mass is 287 g/mol. The third-order valence-electron chi connectivity index (χ3n) is 5.30. The van der Waals surface area contributed by atoms with Crippen molar-refractivity contribution in [3.05, 3.63) is 35.4 Å². The molecule has 1 amide bonds. The van der Waals surface area contributed by atoms with Gasteiger partial charge in [0.25, 0.3) is 0 Å². The fraction of sp³-hybridized carbons (Fsp3) is 0.611. The topological polar surface area (TPSA) is 40.5 Å². The second-order valence-corrected chi connectivity index (χ2v) is 6.72. The third-order valence-corrected chi connectivity index (χ3v) is 5.30. The fourth-order valence-corrected chi connectivity index (χ4v) is 3.84. The number of aryl methyl sites for hydroxylation is 1. The van der Waals surface area contributed by atoms with Crippen LogP contribution in [0.4, 0.5) is 0 Å². The van der Waals surface area contributed by atoms with Gasteiger partial charge < -0.3 is 10.0 Å². The minimum Gasteiger partial charge on any atom is -0.396 e. The number of likely N-dealkylation sites (tertiary alicyclic amines) is 1. The molecule has 1 saturated heterocycles. The lowest BCUT2D eigenvalue weighted by Gasteiger charge is -2.43. The highest BCUT2D eigenvalue weighted by Crippen LogP contribution is 2.46. The quantitative estimate of drug-likeness (QED) is 0.925. The average molecular weight is 287 g/mol. The molecule has 3 heteroatoms. The number of hydrogen-bond donors (Lipinski definition) is 1. The average Bonchev–Trinajstić information content (AvgIpc) is 2.86. The lowest BCUT2D eigenvalue weighted by atomic mass is 9.63. The van der Waals surface area contributed by atoms with Gasteiger partial charge in [-0.25, -0.2) is 0 Å². The molecule has 21 heavy (non-hydrogen) atoms. The molecular weight excluding hydrogens is 262 g/mol. The Morgan fingerprint density at radius 3 is 2.86 bits per heavy atom. The minimum atomic E-state index is -0.264. The van der Waals surface area contributed by atoms with E-state index in [-0.39, 0.29) is 12.0 Å². The largest absolute Gasteiger partial charge is 0.396 e. The maximum Gasteiger partial charge on any atom is 0.233 e. The Kier molecular flexibility index (Phi) is 4.03. The van der Waals surface area contributed by atoms with Crippen LogP contribution in [0.15, 0.2) is 24.3 Å². The number of aliphatic hydroxyl groups is 1. The van der Waals surface area contributed by atoms with Gasteiger partial charge in [0.2, 0.25) is 5.91 Å². The number of nitrogens with zero attached hydrogens (tertiary/aromatic N) is 1. The standard InChI is InChI=1S/C18H25NO2/c1-14-4-2-5-16(12-14)18(8-3-9-18)17(21)19-10-6-15(13-19)7-11-20/h2,4-5,12,15,20H,3,6-11,13H2,1H3. The van der Waals surface area contributed by atoms with Crippen LogP contribution in [0.3, 0.4) is 0 Å². The van der Waals surface area contributed by atoms with E-state index < -0.39 is 0 Å². The molecule has 0 spiro atoms. The Balaban J connectivity index is 1.79. The van der Waals surface area contributed by atoms with Crippen LogP contribution in [0.5, 0.6) is 0 Å². The predicted octanol–water partition coefficient (Wildman–Crippen LogP) is 2.65. The SMILES string of the molecule is Cc1cccc(C2(C(=O)N3CCC(CCO)C3)CCC2)c1. The highest BCUT2D eigenvalue weighted by atomic mass is 16.3. The van der Waals surface area contributed by atoms with Gasteiger partial charge in [0.05, 0.1) is 5.41 Å². The molecule has 1 aliphatic carbocycles. The number of benzene rings is 1. The first-order valence-corrected chi connectivity index (χ1v) is 8.13. The Morgan fingerprint density at radius 1 is 1.43 bits per heavy atom. The lowest BCUT2D eigenvalue weighted by molar-refractivity contribution is -0.140. The highest BCUT2D eigenvalue weighted by Gasteiger charge is 2.48. The summed E-state index contributed by atoms with van der Waals surface area (Å²) in [6, 6.07) is 8.45. The molecule has 3 rings (SSSR count). The molecule has 0 radical (unpaired) electrons. The van der Waals surface area contributed by atoms with Crippen molar-refractivity contribution in [2.45, 2.75) is 44.4 Å². The summed E-state index contributed by atoms with van der Waals surface area (Å²) < 4.78 is 0. The van der Waals surface area contributed by atoms with Crippen LogP contribution in [0.25, 0.3) is 0 Å². The lowest BCUT2D eigenvalue weighted by Crippen LogP contribution is -2.50. The summed E-state index contributed by atoms with van der Waals surface area (Å²) in [5.74, 6) is 0.799. The molecule has 1 saturated carbocycles. The van der Waals surface area contributed by atoms with Crippen molar-refractivity contribution in [2.24, 2.45) is 5.92 Å². The van der Waals surface area contributed by atoms with Crippen molar-refractivity contribution in [1.82, 2.24) is 4.90 Å². The normalized spacial score (nSPS) is 23.9. The second-order valence-electron chi connectivity index (χ2n) is 6.72. The van der Waals surface area contributed by atoms with E-state index in [1.165, 1.54) is 11.1 Å². The van der Waals surface area contributed by atoms with Crippen molar-refractivity contribution in [3.63, 3.8) is 0 Å². The van der Waals surface area contributed by atoms with Crippen molar-refractivity contribution < 1.29 is 9.90 Å². The van der Waals surface area contributed by atoms with Crippen LogP contribution in [0.2, 0.25) is 0 Å². The van der Waals surface area contributed by atoms with Crippen molar-refractivity contribution in [1.29, 1.82) is 0 Å². The summed E-state index contributed by atoms with van der Waals surface area (Å²) in [5, 5.41) is 9.07. The minimum absolute atomic E-state index is 0.232. The Labute approximate surface area is 127 Å². The molecule has 114 valence electrons. The first-order valence-electron chi connectivity index (χ1n) is 8.13. The van der Waals surface area contributed by atoms with Gasteiger partial charge in [0.15, 0.2) is 0 Å². The molecule has 3 nitrogen and oxygen atoms in total. The molecule has 2 fully saturated rings. The Morgan fingerprint density at radius 2 is 2.24 bits per heavy atom. The van der Waals surface area contributed by atoms with E-state index in [9.17, 15) is 4.79 Å². The Bertz CT molecular complexity index is 522. The first kappa shape index (κ1) is 14.6. The van der Waals surface area contributed by atoms with E-state index in [4.69, 9.17) is 5.11 Å². The summed E-state index contributed by atoms with van der Waals surface area (Å²) in [5.41, 5.74) is 2.16. The van der Waals surface area contributed by atoms with Gasteiger partial charge in [-0.05, 0) is 44.1 Å². The van der Waals surface area contributed by atoms with Gasteiger partial charge in [-0.15, -0.1) is 0 Å². The molecule has 1 aromatic carbocycles. The van der Waals surface area contributed by atoms with Crippen molar-refractivity contribution >= 4 is 5.91 Å². The number of rotatable bonds is 4. The molecule has 1 aliphatic heterocycles. The predicted molar refractivity (Wildman–Crippen MR) is 83.1 cm³/mol. The van der Waals surface area contributed by atoms with Crippen molar-refractivity contribution in [2.75, 3.05) is 19.7 Å². The maximum absolute atomic E-state index is 13.1. The molecule has 1 unspecified atom stereocenters. The van der Waals surface area contributed by atoms with Gasteiger partial charge in [-0.1, -0.05) is 36.2 Å². The molecule has 0 aromatic heterocycles. The number of carbonyl (C=O) groups is 1. The highest BCUT2D eigenvalue weighted by molar-refractivity contribution is 5.89. The third kappa shape index (κ3) is 2.59. The van der Waals surface area contributed by atoms with E-state index in [0.29, 0.717) is 11.8 Å². The zero-order valence-electron chi connectivity index (χ0n) is 12.8. The van der Waals surface area contributed by atoms with Crippen LogP contribution < -0.4 is 0 Å². The van der Waals surface area contributed by atoms with Crippen molar-refractivity contribution in [3.8, 4) is 0 Å². The zero-order chi connectivity index (χ0) is 14.9. The number of amides is 1. The number of aliphatic hydroxyl groups excluding tert-OH is 1. The first-order chi connectivity index (χ1) is 10.2. The van der Waals surface area contributed by atoms with Crippen LogP contribution >= 0.6 is 0 Å². The summed E-state index contributed by atoms with van der Waals surface area (Å²) >= 11 is 0. The fourth-order valence-electron chi connectivity index (χ4n) is 3.84. The molecule has 1 atom stereocenters. The molecule has 2 aliphatic rings. The number of hydrogen-bond acceptors (Lipinski definition) is 2. The van der Waals surface area contributed by atoms with Crippen LogP contribution in [-0.4, -0.2) is 35.6 Å². The van der Waals surface area contributed by atoms with E-state index in [2.05, 4.69) is 31.2 Å². The molecule has 1 N–H and O–H groups in total. The van der Waals surface area contributed by atoms with Crippen LogP contribution in [-0.2, 0) is 10.2 Å². The van der Waals surface area contributed by atoms with Gasteiger partial charge in [-0.3, -0.25) is 4.79 Å². The van der Waals surface area contributed by atoms with Gasteiger partial charge in [0, 0.05) is 19.7 Å². The second kappa shape index (κ2) is 5.80. The smallest absolute Gasteiger partial charge is 0.233 e.